The van der Waals surface area contributed by atoms with Gasteiger partial charge in [-0.2, -0.15) is 0 Å². The molecule has 1 heterocycles. The molecule has 5 heteroatoms. The van der Waals surface area contributed by atoms with Crippen LogP contribution < -0.4 is 15.5 Å². The molecule has 1 saturated heterocycles. The van der Waals surface area contributed by atoms with E-state index in [1.165, 1.54) is 17.7 Å². The summed E-state index contributed by atoms with van der Waals surface area (Å²) in [6, 6.07) is -0.278. The fourth-order valence-corrected chi connectivity index (χ4v) is 2.11. The van der Waals surface area contributed by atoms with Crippen molar-refractivity contribution in [2.24, 2.45) is 5.92 Å². The van der Waals surface area contributed by atoms with Crippen molar-refractivity contribution in [3.8, 4) is 0 Å². The number of nitrogens with one attached hydrogen (secondary N) is 3. The van der Waals surface area contributed by atoms with Crippen LogP contribution in [0.4, 0.5) is 4.79 Å². The highest BCUT2D eigenvalue weighted by molar-refractivity contribution is 5.94. The van der Waals surface area contributed by atoms with E-state index in [0.29, 0.717) is 6.54 Å². The van der Waals surface area contributed by atoms with Crippen LogP contribution in [0.15, 0.2) is 0 Å². The number of carbonyl (C=O) groups is 2. The quantitative estimate of drug-likeness (QED) is 0.659. The van der Waals surface area contributed by atoms with Crippen molar-refractivity contribution >= 4 is 11.9 Å². The molecule has 0 aromatic carbocycles. The van der Waals surface area contributed by atoms with E-state index in [4.69, 9.17) is 0 Å². The number of hydrogen-bond acceptors (Lipinski definition) is 2. The Hall–Kier alpha value is -1.10. The lowest BCUT2D eigenvalue weighted by Gasteiger charge is -2.26. The summed E-state index contributed by atoms with van der Waals surface area (Å²) in [5.74, 6) is 0.589. The van der Waals surface area contributed by atoms with Gasteiger partial charge < -0.3 is 10.2 Å². The Kier molecular flexibility index (Phi) is 6.12. The molecule has 1 atom stereocenters. The van der Waals surface area contributed by atoms with Crippen LogP contribution in [0.2, 0.25) is 0 Å². The van der Waals surface area contributed by atoms with Crippen molar-refractivity contribution in [3.63, 3.8) is 0 Å². The Morgan fingerprint density at radius 2 is 1.94 bits per heavy atom. The molecule has 0 aliphatic carbocycles. The Bertz CT molecular complexity index is 286. The van der Waals surface area contributed by atoms with E-state index < -0.39 is 0 Å². The number of piperidine rings is 1. The van der Waals surface area contributed by atoms with Crippen molar-refractivity contribution in [1.29, 1.82) is 0 Å². The summed E-state index contributed by atoms with van der Waals surface area (Å²) in [5, 5.41) is 5.12. The van der Waals surface area contributed by atoms with E-state index in [9.17, 15) is 9.59 Å². The maximum absolute atomic E-state index is 11.7. The predicted molar refractivity (Wildman–Crippen MR) is 70.4 cm³/mol. The Morgan fingerprint density at radius 3 is 2.50 bits per heavy atom. The third-order valence-electron chi connectivity index (χ3n) is 3.63. The maximum Gasteiger partial charge on any atom is 0.321 e. The highest BCUT2D eigenvalue weighted by Gasteiger charge is 2.22. The monoisotopic (exact) mass is 256 g/mol. The van der Waals surface area contributed by atoms with Crippen LogP contribution in [0.3, 0.4) is 0 Å². The molecule has 0 bridgehead atoms. The third kappa shape index (κ3) is 5.49. The molecule has 5 nitrogen and oxygen atoms in total. The van der Waals surface area contributed by atoms with Crippen molar-refractivity contribution in [2.75, 3.05) is 19.6 Å². The SMILES string of the molecule is CC[C@@H](C)NC(=O)NC(=O)C[NH+]1CCC(C)CC1. The molecule has 0 spiro atoms. The summed E-state index contributed by atoms with van der Waals surface area (Å²) in [7, 11) is 0. The van der Waals surface area contributed by atoms with Crippen molar-refractivity contribution in [1.82, 2.24) is 10.6 Å². The molecular formula is C13H26N3O2+. The molecule has 3 amide bonds. The van der Waals surface area contributed by atoms with E-state index in [2.05, 4.69) is 17.6 Å². The van der Waals surface area contributed by atoms with Gasteiger partial charge in [0.1, 0.15) is 0 Å². The number of rotatable bonds is 4. The number of amides is 3. The van der Waals surface area contributed by atoms with Crippen LogP contribution in [-0.4, -0.2) is 37.6 Å². The molecule has 0 aromatic heterocycles. The minimum Gasteiger partial charge on any atom is -0.335 e. The Morgan fingerprint density at radius 1 is 1.33 bits per heavy atom. The van der Waals surface area contributed by atoms with Gasteiger partial charge in [0.25, 0.3) is 5.91 Å². The number of hydrogen-bond donors (Lipinski definition) is 3. The second-order valence-corrected chi connectivity index (χ2v) is 5.44. The first kappa shape index (κ1) is 15.0. The number of carbonyl (C=O) groups excluding carboxylic acids is 2. The minimum atomic E-state index is -0.376. The molecule has 1 fully saturated rings. The summed E-state index contributed by atoms with van der Waals surface area (Å²) >= 11 is 0. The summed E-state index contributed by atoms with van der Waals surface area (Å²) in [5.41, 5.74) is 0. The Balaban J connectivity index is 2.22. The zero-order valence-corrected chi connectivity index (χ0v) is 11.7. The lowest BCUT2D eigenvalue weighted by atomic mass is 9.99. The first-order valence-corrected chi connectivity index (χ1v) is 6.95. The summed E-state index contributed by atoms with van der Waals surface area (Å²) in [6.07, 6.45) is 3.19. The summed E-state index contributed by atoms with van der Waals surface area (Å²) < 4.78 is 0. The van der Waals surface area contributed by atoms with Crippen LogP contribution in [0.25, 0.3) is 0 Å². The van der Waals surface area contributed by atoms with Gasteiger partial charge in [0, 0.05) is 6.04 Å². The normalized spacial score (nSPS) is 25.3. The zero-order valence-electron chi connectivity index (χ0n) is 11.7. The van der Waals surface area contributed by atoms with E-state index in [-0.39, 0.29) is 18.0 Å². The molecule has 1 rings (SSSR count). The first-order chi connectivity index (χ1) is 8.51. The second kappa shape index (κ2) is 7.36. The molecule has 1 aliphatic rings. The lowest BCUT2D eigenvalue weighted by molar-refractivity contribution is -0.898. The highest BCUT2D eigenvalue weighted by Crippen LogP contribution is 2.06. The molecular weight excluding hydrogens is 230 g/mol. The van der Waals surface area contributed by atoms with Crippen LogP contribution in [0, 0.1) is 5.92 Å². The number of imide groups is 1. The van der Waals surface area contributed by atoms with Gasteiger partial charge >= 0.3 is 6.03 Å². The average molecular weight is 256 g/mol. The van der Waals surface area contributed by atoms with E-state index in [0.717, 1.165) is 25.4 Å². The lowest BCUT2D eigenvalue weighted by Crippen LogP contribution is -3.14. The fourth-order valence-electron chi connectivity index (χ4n) is 2.11. The van der Waals surface area contributed by atoms with E-state index in [1.54, 1.807) is 0 Å². The van der Waals surface area contributed by atoms with E-state index >= 15 is 0 Å². The van der Waals surface area contributed by atoms with Gasteiger partial charge in [-0.25, -0.2) is 4.79 Å². The Labute approximate surface area is 109 Å². The fraction of sp³-hybridized carbons (Fsp3) is 0.846. The van der Waals surface area contributed by atoms with Crippen LogP contribution in [-0.2, 0) is 4.79 Å². The van der Waals surface area contributed by atoms with Gasteiger partial charge in [0.2, 0.25) is 0 Å². The van der Waals surface area contributed by atoms with Crippen LogP contribution in [0.1, 0.15) is 40.0 Å². The summed E-state index contributed by atoms with van der Waals surface area (Å²) in [4.78, 5) is 24.4. The van der Waals surface area contributed by atoms with Gasteiger partial charge in [-0.15, -0.1) is 0 Å². The number of urea groups is 1. The predicted octanol–water partition coefficient (Wildman–Crippen LogP) is -0.0745. The molecule has 0 saturated carbocycles. The van der Waals surface area contributed by atoms with Crippen molar-refractivity contribution in [3.05, 3.63) is 0 Å². The minimum absolute atomic E-state index is 0.0981. The first-order valence-electron chi connectivity index (χ1n) is 6.95. The molecule has 3 N–H and O–H groups in total. The topological polar surface area (TPSA) is 62.6 Å². The number of likely N-dealkylation sites (tertiary alicyclic amines) is 1. The zero-order chi connectivity index (χ0) is 13.5. The van der Waals surface area contributed by atoms with Gasteiger partial charge in [0.15, 0.2) is 6.54 Å². The summed E-state index contributed by atoms with van der Waals surface area (Å²) in [6.45, 7) is 8.62. The van der Waals surface area contributed by atoms with Crippen LogP contribution in [0.5, 0.6) is 0 Å². The average Bonchev–Trinajstić information content (AvgIpc) is 2.31. The highest BCUT2D eigenvalue weighted by atomic mass is 16.2. The molecule has 0 radical (unpaired) electrons. The molecule has 0 aromatic rings. The van der Waals surface area contributed by atoms with Crippen molar-refractivity contribution < 1.29 is 14.5 Å². The van der Waals surface area contributed by atoms with E-state index in [1.807, 2.05) is 13.8 Å². The largest absolute Gasteiger partial charge is 0.335 e. The standard InChI is InChI=1S/C13H25N3O2/c1-4-11(3)14-13(18)15-12(17)9-16-7-5-10(2)6-8-16/h10-11H,4-9H2,1-3H3,(H2,14,15,17,18)/p+1/t11-/m1/s1. The second-order valence-electron chi connectivity index (χ2n) is 5.44. The maximum atomic E-state index is 11.7. The molecule has 0 unspecified atom stereocenters. The van der Waals surface area contributed by atoms with Gasteiger partial charge in [-0.05, 0) is 32.1 Å². The van der Waals surface area contributed by atoms with Gasteiger partial charge in [-0.3, -0.25) is 10.1 Å². The number of quaternary nitrogens is 1. The van der Waals surface area contributed by atoms with Crippen molar-refractivity contribution in [2.45, 2.75) is 46.1 Å². The van der Waals surface area contributed by atoms with Gasteiger partial charge in [0.05, 0.1) is 13.1 Å². The molecule has 18 heavy (non-hydrogen) atoms. The smallest absolute Gasteiger partial charge is 0.321 e. The van der Waals surface area contributed by atoms with Crippen LogP contribution >= 0.6 is 0 Å². The third-order valence-corrected chi connectivity index (χ3v) is 3.63. The molecule has 104 valence electrons. The molecule has 1 aliphatic heterocycles. The van der Waals surface area contributed by atoms with Gasteiger partial charge in [-0.1, -0.05) is 13.8 Å².